The summed E-state index contributed by atoms with van der Waals surface area (Å²) in [6.45, 7) is 18.2. The summed E-state index contributed by atoms with van der Waals surface area (Å²) in [4.78, 5) is 9.05. The number of pyridine rings is 2. The van der Waals surface area contributed by atoms with E-state index in [1.807, 2.05) is 38.6 Å². The lowest BCUT2D eigenvalue weighted by molar-refractivity contribution is 0.337. The topological polar surface area (TPSA) is 59.1 Å². The highest BCUT2D eigenvalue weighted by molar-refractivity contribution is 5.84. The zero-order valence-corrected chi connectivity index (χ0v) is 28.6. The van der Waals surface area contributed by atoms with Crippen LogP contribution < -0.4 is 15.4 Å². The van der Waals surface area contributed by atoms with Gasteiger partial charge in [-0.3, -0.25) is 4.98 Å². The van der Waals surface area contributed by atoms with Crippen molar-refractivity contribution < 1.29 is 9.13 Å². The number of allylic oxidation sites excluding steroid dienone is 1. The highest BCUT2D eigenvalue weighted by Gasteiger charge is 2.25. The first-order valence-electron chi connectivity index (χ1n) is 16.1. The van der Waals surface area contributed by atoms with Crippen LogP contribution in [0.3, 0.4) is 0 Å². The highest BCUT2D eigenvalue weighted by Crippen LogP contribution is 2.41. The summed E-state index contributed by atoms with van der Waals surface area (Å²) in [6.07, 6.45) is 11.2. The summed E-state index contributed by atoms with van der Waals surface area (Å²) in [5.41, 5.74) is 7.39. The van der Waals surface area contributed by atoms with Crippen LogP contribution in [0.15, 0.2) is 79.6 Å². The number of halogens is 1. The second-order valence-electron chi connectivity index (χ2n) is 11.5. The average Bonchev–Trinajstić information content (AvgIpc) is 3.43. The van der Waals surface area contributed by atoms with Crippen molar-refractivity contribution in [1.82, 2.24) is 20.6 Å². The number of nitrogens with zero attached hydrogens (tertiary/aromatic N) is 2. The minimum atomic E-state index is -0.240. The number of hydrogen-bond acceptors (Lipinski definition) is 5. The molecule has 1 unspecified atom stereocenters. The van der Waals surface area contributed by atoms with Crippen molar-refractivity contribution in [2.24, 2.45) is 5.92 Å². The second-order valence-corrected chi connectivity index (χ2v) is 11.5. The molecule has 0 aliphatic carbocycles. The molecule has 3 heterocycles. The van der Waals surface area contributed by atoms with E-state index in [1.165, 1.54) is 41.5 Å². The highest BCUT2D eigenvalue weighted by atomic mass is 19.1. The fourth-order valence-electron chi connectivity index (χ4n) is 4.42. The van der Waals surface area contributed by atoms with Crippen LogP contribution in [0.4, 0.5) is 4.39 Å². The Morgan fingerprint density at radius 3 is 2.33 bits per heavy atom. The molecule has 0 bridgehead atoms. The number of ether oxygens (including phenoxy) is 1. The summed E-state index contributed by atoms with van der Waals surface area (Å²) in [7, 11) is 3.83. The lowest BCUT2D eigenvalue weighted by Gasteiger charge is -2.11. The van der Waals surface area contributed by atoms with Gasteiger partial charge in [-0.25, -0.2) is 9.37 Å². The van der Waals surface area contributed by atoms with E-state index in [1.54, 1.807) is 12.1 Å². The molecule has 2 N–H and O–H groups in total. The van der Waals surface area contributed by atoms with E-state index in [0.717, 1.165) is 46.7 Å². The van der Waals surface area contributed by atoms with Crippen LogP contribution >= 0.6 is 0 Å². The van der Waals surface area contributed by atoms with Gasteiger partial charge in [-0.15, -0.1) is 0 Å². The summed E-state index contributed by atoms with van der Waals surface area (Å²) in [5, 5.41) is 7.24. The lowest BCUT2D eigenvalue weighted by atomic mass is 9.99. The van der Waals surface area contributed by atoms with Crippen LogP contribution in [0.1, 0.15) is 83.2 Å². The molecule has 0 saturated carbocycles. The van der Waals surface area contributed by atoms with Gasteiger partial charge in [0, 0.05) is 54.3 Å². The maximum absolute atomic E-state index is 13.1. The number of unbranched alkanes of at least 4 members (excludes halogenated alkanes) is 1. The van der Waals surface area contributed by atoms with Crippen LogP contribution in [0.25, 0.3) is 28.2 Å². The number of likely N-dealkylation sites (N-methyl/N-ethyl adjacent to an activating group) is 1. The maximum Gasteiger partial charge on any atom is 0.149 e. The molecule has 0 fully saturated rings. The Kier molecular flexibility index (Phi) is 18.8. The van der Waals surface area contributed by atoms with Gasteiger partial charge in [0.2, 0.25) is 0 Å². The molecule has 2 aromatic heterocycles. The van der Waals surface area contributed by atoms with E-state index in [2.05, 4.69) is 94.1 Å². The number of benzene rings is 2. The molecule has 250 valence electrons. The normalized spacial score (nSPS) is 12.8. The molecule has 1 aliphatic heterocycles. The molecule has 46 heavy (non-hydrogen) atoms. The Labute approximate surface area is 278 Å². The van der Waals surface area contributed by atoms with E-state index in [9.17, 15) is 4.39 Å². The van der Waals surface area contributed by atoms with Gasteiger partial charge in [0.1, 0.15) is 17.3 Å². The third-order valence-corrected chi connectivity index (χ3v) is 7.11. The van der Waals surface area contributed by atoms with Crippen LogP contribution in [-0.4, -0.2) is 37.2 Å². The minimum Gasteiger partial charge on any atom is -0.490 e. The zero-order chi connectivity index (χ0) is 33.2. The van der Waals surface area contributed by atoms with E-state index < -0.39 is 0 Å². The Hall–Kier alpha value is -4.03. The second kappa shape index (κ2) is 21.7. The Morgan fingerprint density at radius 2 is 1.76 bits per heavy atom. The van der Waals surface area contributed by atoms with Crippen molar-refractivity contribution in [2.75, 3.05) is 27.2 Å². The van der Waals surface area contributed by atoms with Crippen LogP contribution in [0.5, 0.6) is 5.75 Å². The van der Waals surface area contributed by atoms with E-state index >= 15 is 0 Å². The van der Waals surface area contributed by atoms with Gasteiger partial charge >= 0.3 is 0 Å². The van der Waals surface area contributed by atoms with Crippen molar-refractivity contribution in [3.8, 4) is 17.0 Å². The van der Waals surface area contributed by atoms with Gasteiger partial charge in [-0.2, -0.15) is 0 Å². The third kappa shape index (κ3) is 12.8. The van der Waals surface area contributed by atoms with Crippen LogP contribution in [-0.2, 0) is 6.42 Å². The summed E-state index contributed by atoms with van der Waals surface area (Å²) >= 11 is 0. The predicted molar refractivity (Wildman–Crippen MR) is 198 cm³/mol. The largest absolute Gasteiger partial charge is 0.490 e. The smallest absolute Gasteiger partial charge is 0.149 e. The molecule has 4 aromatic rings. The minimum absolute atomic E-state index is 0. The fourth-order valence-corrected chi connectivity index (χ4v) is 4.42. The quantitative estimate of drug-likeness (QED) is 0.203. The molecule has 0 saturated heterocycles. The third-order valence-electron chi connectivity index (χ3n) is 7.11. The molecule has 6 heteroatoms. The van der Waals surface area contributed by atoms with E-state index in [0.29, 0.717) is 18.4 Å². The number of aromatic nitrogens is 2. The molecule has 0 spiro atoms. The molecular formula is C40H57FN4O. The molecule has 1 atom stereocenters. The van der Waals surface area contributed by atoms with Gasteiger partial charge in [0.05, 0.1) is 12.1 Å². The zero-order valence-electron chi connectivity index (χ0n) is 28.6. The molecule has 2 aromatic carbocycles. The van der Waals surface area contributed by atoms with Crippen molar-refractivity contribution >= 4 is 17.0 Å². The van der Waals surface area contributed by atoms with Crippen LogP contribution in [0.2, 0.25) is 0 Å². The Bertz CT molecular complexity index is 1480. The summed E-state index contributed by atoms with van der Waals surface area (Å²) < 4.78 is 18.9. The molecule has 1 aliphatic rings. The standard InChI is InChI=1S/C17H19FN2O.C12H11N.C6H13N.C4H10.CH4/c1-11-10-21-17-15(11)9-14(7-8-19-2)20-16(17)12-3-5-13(18)6-4-12;1-3-10-7-9(2)12-11(8-10)5-4-6-13-12;1-6(2)4-5-7-3;1-3-4-2;/h3-6,9,11,19H,7-8,10H2,1-2H3;3-8H,1H2,2H3;4-7H,1-3H3;3-4H2,1-2H3;1H4/b;;5-4-;;. The van der Waals surface area contributed by atoms with Crippen LogP contribution in [0, 0.1) is 18.7 Å². The number of nitrogens with one attached hydrogen (secondary N) is 2. The monoisotopic (exact) mass is 628 g/mol. The maximum atomic E-state index is 13.1. The van der Waals surface area contributed by atoms with Crippen molar-refractivity contribution in [2.45, 2.75) is 74.1 Å². The SMILES string of the molecule is C.C=Cc1cc(C)c2ncccc2c1.CCCC.CN/C=C\C(C)C.CNCCc1cc2c(c(-c3ccc(F)cc3)n1)OCC2C. The first kappa shape index (κ1) is 40.0. The Morgan fingerprint density at radius 1 is 1.07 bits per heavy atom. The lowest BCUT2D eigenvalue weighted by Crippen LogP contribution is -2.11. The van der Waals surface area contributed by atoms with Crippen molar-refractivity contribution in [3.05, 3.63) is 108 Å². The summed E-state index contributed by atoms with van der Waals surface area (Å²) in [6, 6.07) is 16.8. The van der Waals surface area contributed by atoms with Gasteiger partial charge < -0.3 is 15.4 Å². The molecular weight excluding hydrogens is 571 g/mol. The number of rotatable bonds is 8. The van der Waals surface area contributed by atoms with Gasteiger partial charge in [0.25, 0.3) is 0 Å². The summed E-state index contributed by atoms with van der Waals surface area (Å²) in [5.74, 6) is 1.64. The average molecular weight is 629 g/mol. The van der Waals surface area contributed by atoms with Gasteiger partial charge in [-0.05, 0) is 85.7 Å². The number of hydrogen-bond donors (Lipinski definition) is 2. The Balaban J connectivity index is 0.000000361. The first-order chi connectivity index (χ1) is 21.7. The van der Waals surface area contributed by atoms with Crippen molar-refractivity contribution in [3.63, 3.8) is 0 Å². The molecule has 5 nitrogen and oxygen atoms in total. The fraction of sp³-hybridized carbons (Fsp3) is 0.400. The van der Waals surface area contributed by atoms with Crippen molar-refractivity contribution in [1.29, 1.82) is 0 Å². The predicted octanol–water partition coefficient (Wildman–Crippen LogP) is 10.1. The van der Waals surface area contributed by atoms with E-state index in [-0.39, 0.29) is 13.2 Å². The van der Waals surface area contributed by atoms with E-state index in [4.69, 9.17) is 9.72 Å². The molecule has 5 rings (SSSR count). The number of fused-ring (bicyclic) bond motifs is 2. The number of aryl methyl sites for hydroxylation is 1. The van der Waals surface area contributed by atoms with Gasteiger partial charge in [0.15, 0.2) is 0 Å². The molecule has 0 radical (unpaired) electrons. The first-order valence-corrected chi connectivity index (χ1v) is 16.1. The van der Waals surface area contributed by atoms with Gasteiger partial charge in [-0.1, -0.05) is 79.7 Å². The molecule has 0 amide bonds.